The maximum Gasteiger partial charge on any atom is 0.126 e. The van der Waals surface area contributed by atoms with E-state index in [1.54, 1.807) is 0 Å². The summed E-state index contributed by atoms with van der Waals surface area (Å²) in [6.45, 7) is 55.1. The van der Waals surface area contributed by atoms with E-state index in [2.05, 4.69) is 287 Å². The molecule has 0 fully saturated rings. The lowest BCUT2D eigenvalue weighted by Gasteiger charge is -2.28. The zero-order valence-electron chi connectivity index (χ0n) is 69.9. The van der Waals surface area contributed by atoms with Gasteiger partial charge in [-0.1, -0.05) is 287 Å². The number of phenolic OH excluding ortho intramolecular Hbond substituents is 4. The normalized spacial score (nSPS) is 15.1. The van der Waals surface area contributed by atoms with Crippen molar-refractivity contribution in [2.45, 2.75) is 287 Å². The van der Waals surface area contributed by atoms with Gasteiger partial charge in [-0.3, -0.25) is 0 Å². The minimum absolute atomic E-state index is 0.173. The van der Waals surface area contributed by atoms with Crippen LogP contribution in [-0.2, 0) is 108 Å². The molecule has 4 N–H and O–H groups in total. The Labute approximate surface area is 647 Å². The van der Waals surface area contributed by atoms with Crippen molar-refractivity contribution in [1.29, 1.82) is 0 Å². The Bertz CT molecular complexity index is 4370. The van der Waals surface area contributed by atoms with Gasteiger partial charge >= 0.3 is 0 Å². The quantitative estimate of drug-likeness (QED) is 0.119. The summed E-state index contributed by atoms with van der Waals surface area (Å²) < 4.78 is 30.2. The third-order valence-electron chi connectivity index (χ3n) is 22.9. The average molecular weight is 1450 g/mol. The molecule has 4 aliphatic rings. The van der Waals surface area contributed by atoms with Crippen LogP contribution in [-0.4, -0.2) is 33.6 Å². The molecule has 9 aromatic rings. The molecule has 572 valence electrons. The number of ether oxygens (including phenoxy) is 4. The van der Waals surface area contributed by atoms with Gasteiger partial charge in [0.15, 0.2) is 0 Å². The first-order valence-electron chi connectivity index (χ1n) is 39.8. The van der Waals surface area contributed by atoms with Crippen molar-refractivity contribution in [2.24, 2.45) is 0 Å². The van der Waals surface area contributed by atoms with Crippen molar-refractivity contribution < 1.29 is 39.4 Å². The van der Waals surface area contributed by atoms with E-state index in [1.165, 1.54) is 0 Å². The molecule has 108 heavy (non-hydrogen) atoms. The summed E-state index contributed by atoms with van der Waals surface area (Å²) in [7, 11) is 0. The second-order valence-corrected chi connectivity index (χ2v) is 40.2. The van der Waals surface area contributed by atoms with Crippen molar-refractivity contribution in [3.8, 4) is 46.0 Å². The van der Waals surface area contributed by atoms with Crippen LogP contribution >= 0.6 is 0 Å². The molecule has 9 aromatic carbocycles. The molecule has 0 saturated carbocycles. The van der Waals surface area contributed by atoms with E-state index < -0.39 is 0 Å². The standard InChI is InChI=1S/C100H124O8/c1-93(2,3)77-41-61-33-69-49-81(97(13,14)15)50-70-34-62-42-78(94(4,5)6)47-67(86(62)102)39-75-55-84(100(22,23)24)56-76-40-68-48-80(96(10,11)12)44-64(88(68)104)36-72-52-82(98(16,17)18)51-71(90(72)106-32-28-27-31-105-89(69)70)35-63-43-79(95(7,8)9)46-66(87(63)103)38-74-54-83(99(19,20)21)53-73(37-65(45-77)85(61)101)91(74)107-57-59-29-25-26-30-60(59)58-108-92(75)76/h25-26,29-30,41-56,101-104H,27-28,31-40,57-58H2,1-24H3. The van der Waals surface area contributed by atoms with Crippen molar-refractivity contribution in [3.05, 3.63) is 266 Å². The predicted molar refractivity (Wildman–Crippen MR) is 446 cm³/mol. The zero-order chi connectivity index (χ0) is 78.5. The Kier molecular flexibility index (Phi) is 21.2. The lowest BCUT2D eigenvalue weighted by molar-refractivity contribution is 0.261. The van der Waals surface area contributed by atoms with E-state index in [1.807, 2.05) is 0 Å². The SMILES string of the molecule is CC(C)(C)c1cc2c(O)c(c1)Cc1cc(C(C)(C)C)cc3c1OCc1ccccc1COc1c4cc(C(C)(C)C)cc1Cc1cc(C(C)(C)C)cc(c1O)Cc1cc(C(C)(C)C)cc(c1OCCCCOc1c(cc(C(C)(C)C)cc1Cc1cc(C(C)(C)C)cc(c1O)C4)C2)Cc1cc(C(C)(C)C)cc(c1O)C3. The second kappa shape index (κ2) is 29.0. The van der Waals surface area contributed by atoms with Gasteiger partial charge in [-0.25, -0.2) is 0 Å². The maximum absolute atomic E-state index is 13.5. The molecule has 0 spiro atoms. The number of hydrogen-bond donors (Lipinski definition) is 4. The van der Waals surface area contributed by atoms with Crippen LogP contribution in [0.1, 0.15) is 324 Å². The monoisotopic (exact) mass is 1450 g/mol. The largest absolute Gasteiger partial charge is 0.507 e. The number of rotatable bonds is 0. The van der Waals surface area contributed by atoms with E-state index in [-0.39, 0.29) is 79.5 Å². The van der Waals surface area contributed by atoms with Gasteiger partial charge in [0.1, 0.15) is 59.2 Å². The molecule has 0 amide bonds. The summed E-state index contributed by atoms with van der Waals surface area (Å²) in [5.74, 6) is 3.78. The topological polar surface area (TPSA) is 118 Å². The van der Waals surface area contributed by atoms with Crippen molar-refractivity contribution >= 4 is 0 Å². The Morgan fingerprint density at radius 1 is 0.204 bits per heavy atom. The lowest BCUT2D eigenvalue weighted by atomic mass is 9.79. The highest BCUT2D eigenvalue weighted by Crippen LogP contribution is 2.48. The molecule has 0 radical (unpaired) electrons. The Morgan fingerprint density at radius 2 is 0.352 bits per heavy atom. The van der Waals surface area contributed by atoms with E-state index in [9.17, 15) is 20.4 Å². The third kappa shape index (κ3) is 17.2. The highest BCUT2D eigenvalue weighted by atomic mass is 16.5. The van der Waals surface area contributed by atoms with Crippen LogP contribution in [0.5, 0.6) is 46.0 Å². The summed E-state index contributed by atoms with van der Waals surface area (Å²) in [4.78, 5) is 0. The molecule has 20 bridgehead atoms. The van der Waals surface area contributed by atoms with E-state index in [0.717, 1.165) is 156 Å². The van der Waals surface area contributed by atoms with Gasteiger partial charge in [-0.15, -0.1) is 0 Å². The zero-order valence-corrected chi connectivity index (χ0v) is 69.9. The minimum Gasteiger partial charge on any atom is -0.507 e. The van der Waals surface area contributed by atoms with E-state index >= 15 is 0 Å². The van der Waals surface area contributed by atoms with Crippen LogP contribution in [0, 0.1) is 0 Å². The molecule has 13 rings (SSSR count). The molecular weight excluding hydrogens is 1330 g/mol. The Hall–Kier alpha value is -8.62. The summed E-state index contributed by atoms with van der Waals surface area (Å²) in [5.41, 5.74) is 21.9. The first-order chi connectivity index (χ1) is 50.1. The molecule has 0 aliphatic carbocycles. The molecule has 8 heteroatoms. The predicted octanol–water partition coefficient (Wildman–Crippen LogP) is 24.0. The number of fused-ring (bicyclic) bond motifs is 7. The van der Waals surface area contributed by atoms with Crippen LogP contribution in [0.25, 0.3) is 0 Å². The van der Waals surface area contributed by atoms with Crippen LogP contribution in [0.2, 0.25) is 0 Å². The summed E-state index contributed by atoms with van der Waals surface area (Å²) in [6.07, 6.45) is 4.07. The van der Waals surface area contributed by atoms with E-state index in [0.29, 0.717) is 88.9 Å². The van der Waals surface area contributed by atoms with E-state index in [4.69, 9.17) is 18.9 Å². The molecule has 0 unspecified atom stereocenters. The Morgan fingerprint density at radius 3 is 0.509 bits per heavy atom. The number of phenols is 4. The van der Waals surface area contributed by atoms with Crippen LogP contribution in [0.4, 0.5) is 0 Å². The minimum atomic E-state index is -0.335. The summed E-state index contributed by atoms with van der Waals surface area (Å²) in [5, 5.41) is 54.1. The molecule has 0 atom stereocenters. The van der Waals surface area contributed by atoms with Gasteiger partial charge in [0.2, 0.25) is 0 Å². The van der Waals surface area contributed by atoms with Crippen molar-refractivity contribution in [3.63, 3.8) is 0 Å². The Balaban J connectivity index is 1.27. The molecule has 0 aromatic heterocycles. The molecular formula is C100H124O8. The van der Waals surface area contributed by atoms with Gasteiger partial charge in [0.25, 0.3) is 0 Å². The van der Waals surface area contributed by atoms with Gasteiger partial charge in [-0.2, -0.15) is 0 Å². The van der Waals surface area contributed by atoms with Crippen molar-refractivity contribution in [1.82, 2.24) is 0 Å². The molecule has 0 saturated heterocycles. The van der Waals surface area contributed by atoms with Crippen molar-refractivity contribution in [2.75, 3.05) is 13.2 Å². The number of hydrogen-bond acceptors (Lipinski definition) is 8. The fourth-order valence-electron chi connectivity index (χ4n) is 15.7. The fraction of sp³-hybridized carbons (Fsp3) is 0.460. The molecule has 8 nitrogen and oxygen atoms in total. The fourth-order valence-corrected chi connectivity index (χ4v) is 15.7. The summed E-state index contributed by atoms with van der Waals surface area (Å²) >= 11 is 0. The van der Waals surface area contributed by atoms with Gasteiger partial charge in [0.05, 0.1) is 13.2 Å². The maximum atomic E-state index is 13.5. The lowest BCUT2D eigenvalue weighted by Crippen LogP contribution is -2.16. The first kappa shape index (κ1) is 78.9. The van der Waals surface area contributed by atoms with Gasteiger partial charge in [-0.05, 0) is 201 Å². The van der Waals surface area contributed by atoms with Crippen LogP contribution in [0.3, 0.4) is 0 Å². The second-order valence-electron chi connectivity index (χ2n) is 40.2. The smallest absolute Gasteiger partial charge is 0.126 e. The van der Waals surface area contributed by atoms with Gasteiger partial charge in [0, 0.05) is 51.4 Å². The number of aromatic hydroxyl groups is 4. The highest BCUT2D eigenvalue weighted by Gasteiger charge is 2.33. The molecule has 4 heterocycles. The highest BCUT2D eigenvalue weighted by molar-refractivity contribution is 5.63. The van der Waals surface area contributed by atoms with Crippen LogP contribution in [0.15, 0.2) is 121 Å². The summed E-state index contributed by atoms with van der Waals surface area (Å²) in [6, 6.07) is 44.5. The number of benzene rings is 9. The first-order valence-corrected chi connectivity index (χ1v) is 39.8. The molecule has 4 aliphatic heterocycles. The van der Waals surface area contributed by atoms with Gasteiger partial charge < -0.3 is 39.4 Å². The third-order valence-corrected chi connectivity index (χ3v) is 22.9. The average Bonchev–Trinajstić information content (AvgIpc) is 0.831. The van der Waals surface area contributed by atoms with Crippen LogP contribution < -0.4 is 18.9 Å².